The molecular formula is C22H23Cl2NO3S. The second-order valence-electron chi connectivity index (χ2n) is 6.90. The van der Waals surface area contributed by atoms with Crippen molar-refractivity contribution in [3.05, 3.63) is 55.9 Å². The number of ether oxygens (including phenoxy) is 1. The molecule has 1 aliphatic carbocycles. The number of nitrogens with one attached hydrogen (secondary N) is 1. The number of hydrogen-bond donors (Lipinski definition) is 1. The fourth-order valence-corrected chi connectivity index (χ4v) is 5.37. The molecule has 0 bridgehead atoms. The van der Waals surface area contributed by atoms with Crippen LogP contribution in [0.1, 0.15) is 53.1 Å². The van der Waals surface area contributed by atoms with Gasteiger partial charge < -0.3 is 10.1 Å². The van der Waals surface area contributed by atoms with Gasteiger partial charge >= 0.3 is 5.97 Å². The Morgan fingerprint density at radius 1 is 1.28 bits per heavy atom. The molecule has 1 heterocycles. The Balaban J connectivity index is 1.86. The van der Waals surface area contributed by atoms with Crippen LogP contribution in [0.15, 0.2) is 24.3 Å². The Labute approximate surface area is 184 Å². The monoisotopic (exact) mass is 451 g/mol. The van der Waals surface area contributed by atoms with Gasteiger partial charge in [-0.05, 0) is 55.9 Å². The van der Waals surface area contributed by atoms with Crippen molar-refractivity contribution >= 4 is 57.5 Å². The maximum atomic E-state index is 12.6. The zero-order valence-electron chi connectivity index (χ0n) is 16.4. The van der Waals surface area contributed by atoms with Gasteiger partial charge in [-0.2, -0.15) is 0 Å². The molecule has 1 aliphatic rings. The summed E-state index contributed by atoms with van der Waals surface area (Å²) in [5, 5.41) is 4.33. The number of benzene rings is 1. The molecule has 154 valence electrons. The Morgan fingerprint density at radius 3 is 2.66 bits per heavy atom. The summed E-state index contributed by atoms with van der Waals surface area (Å²) in [6.07, 6.45) is 6.86. The molecular weight excluding hydrogens is 429 g/mol. The first-order chi connectivity index (χ1) is 13.9. The van der Waals surface area contributed by atoms with Gasteiger partial charge in [0.25, 0.3) is 0 Å². The van der Waals surface area contributed by atoms with Gasteiger partial charge in [0.15, 0.2) is 0 Å². The Morgan fingerprint density at radius 2 is 2.00 bits per heavy atom. The number of carbonyl (C=O) groups is 2. The van der Waals surface area contributed by atoms with Gasteiger partial charge in [0, 0.05) is 26.6 Å². The third-order valence-electron chi connectivity index (χ3n) is 5.06. The zero-order valence-corrected chi connectivity index (χ0v) is 18.7. The highest BCUT2D eigenvalue weighted by Gasteiger charge is 2.29. The van der Waals surface area contributed by atoms with Crippen molar-refractivity contribution in [3.63, 3.8) is 0 Å². The lowest BCUT2D eigenvalue weighted by Gasteiger charge is -2.20. The Hall–Kier alpha value is -1.82. The Kier molecular flexibility index (Phi) is 7.38. The molecule has 1 aromatic heterocycles. The van der Waals surface area contributed by atoms with E-state index in [9.17, 15) is 9.59 Å². The van der Waals surface area contributed by atoms with E-state index in [1.165, 1.54) is 22.3 Å². The van der Waals surface area contributed by atoms with Crippen LogP contribution in [0.2, 0.25) is 10.0 Å². The summed E-state index contributed by atoms with van der Waals surface area (Å²) >= 11 is 13.8. The van der Waals surface area contributed by atoms with Crippen LogP contribution in [0, 0.1) is 5.92 Å². The van der Waals surface area contributed by atoms with Gasteiger partial charge in [-0.3, -0.25) is 4.79 Å². The van der Waals surface area contributed by atoms with Crippen molar-refractivity contribution in [2.75, 3.05) is 11.9 Å². The molecule has 0 spiro atoms. The number of carbonyl (C=O) groups excluding carboxylic acids is 2. The first kappa shape index (κ1) is 21.9. The molecule has 4 nitrogen and oxygen atoms in total. The van der Waals surface area contributed by atoms with Crippen LogP contribution < -0.4 is 5.32 Å². The number of anilines is 1. The summed E-state index contributed by atoms with van der Waals surface area (Å²) in [6, 6.07) is 5.16. The lowest BCUT2D eigenvalue weighted by atomic mass is 9.85. The van der Waals surface area contributed by atoms with Crippen LogP contribution in [0.5, 0.6) is 0 Å². The lowest BCUT2D eigenvalue weighted by Crippen LogP contribution is -2.16. The number of hydrogen-bond acceptors (Lipinski definition) is 4. The van der Waals surface area contributed by atoms with Gasteiger partial charge in [0.1, 0.15) is 5.00 Å². The molecule has 1 atom stereocenters. The van der Waals surface area contributed by atoms with Crippen molar-refractivity contribution in [3.8, 4) is 0 Å². The minimum Gasteiger partial charge on any atom is -0.462 e. The van der Waals surface area contributed by atoms with Crippen molar-refractivity contribution in [2.24, 2.45) is 5.92 Å². The minimum atomic E-state index is -0.381. The summed E-state index contributed by atoms with van der Waals surface area (Å²) in [4.78, 5) is 26.3. The maximum Gasteiger partial charge on any atom is 0.341 e. The van der Waals surface area contributed by atoms with E-state index in [1.807, 2.05) is 0 Å². The fraction of sp³-hybridized carbons (Fsp3) is 0.364. The first-order valence-corrected chi connectivity index (χ1v) is 11.3. The van der Waals surface area contributed by atoms with Gasteiger partial charge in [-0.1, -0.05) is 42.6 Å². The predicted octanol–water partition coefficient (Wildman–Crippen LogP) is 6.40. The molecule has 0 radical (unpaired) electrons. The SMILES string of the molecule is CCOC(=O)c1c(NC(=O)/C=C\c2c(Cl)cccc2Cl)sc2c1CC[C@@H](CC)C2. The molecule has 7 heteroatoms. The second-order valence-corrected chi connectivity index (χ2v) is 8.82. The number of fused-ring (bicyclic) bond motifs is 1. The third kappa shape index (κ3) is 5.03. The van der Waals surface area contributed by atoms with Crippen LogP contribution in [-0.2, 0) is 22.4 Å². The van der Waals surface area contributed by atoms with Crippen LogP contribution >= 0.6 is 34.5 Å². The van der Waals surface area contributed by atoms with E-state index in [4.69, 9.17) is 27.9 Å². The minimum absolute atomic E-state index is 0.291. The second kappa shape index (κ2) is 9.79. The molecule has 0 saturated heterocycles. The highest BCUT2D eigenvalue weighted by molar-refractivity contribution is 7.17. The van der Waals surface area contributed by atoms with Crippen LogP contribution in [0.4, 0.5) is 5.00 Å². The predicted molar refractivity (Wildman–Crippen MR) is 120 cm³/mol. The average Bonchev–Trinajstić information content (AvgIpc) is 3.04. The summed E-state index contributed by atoms with van der Waals surface area (Å²) in [6.45, 7) is 4.25. The maximum absolute atomic E-state index is 12.6. The van der Waals surface area contributed by atoms with E-state index in [0.29, 0.717) is 38.7 Å². The van der Waals surface area contributed by atoms with E-state index in [0.717, 1.165) is 31.2 Å². The summed E-state index contributed by atoms with van der Waals surface area (Å²) < 4.78 is 5.25. The average molecular weight is 452 g/mol. The van der Waals surface area contributed by atoms with Gasteiger partial charge in [-0.25, -0.2) is 4.79 Å². The molecule has 0 unspecified atom stereocenters. The smallest absolute Gasteiger partial charge is 0.341 e. The standard InChI is InChI=1S/C22H23Cl2NO3S/c1-3-13-8-9-15-18(12-13)29-21(20(15)22(27)28-4-2)25-19(26)11-10-14-16(23)6-5-7-17(14)24/h5-7,10-11,13H,3-4,8-9,12H2,1-2H3,(H,25,26)/b11-10-/t13-/m1/s1. The number of halogens is 2. The van der Waals surface area contributed by atoms with Crippen molar-refractivity contribution in [1.29, 1.82) is 0 Å². The van der Waals surface area contributed by atoms with Crippen LogP contribution in [0.3, 0.4) is 0 Å². The molecule has 2 aromatic rings. The highest BCUT2D eigenvalue weighted by Crippen LogP contribution is 2.40. The molecule has 0 fully saturated rings. The summed E-state index contributed by atoms with van der Waals surface area (Å²) in [7, 11) is 0. The fourth-order valence-electron chi connectivity index (χ4n) is 3.49. The largest absolute Gasteiger partial charge is 0.462 e. The topological polar surface area (TPSA) is 55.4 Å². The summed E-state index contributed by atoms with van der Waals surface area (Å²) in [5.74, 6) is -0.118. The van der Waals surface area contributed by atoms with Crippen molar-refractivity contribution in [1.82, 2.24) is 0 Å². The van der Waals surface area contributed by atoms with Gasteiger partial charge in [0.05, 0.1) is 12.2 Å². The molecule has 1 N–H and O–H groups in total. The van der Waals surface area contributed by atoms with Crippen molar-refractivity contribution < 1.29 is 14.3 Å². The first-order valence-electron chi connectivity index (χ1n) is 9.69. The highest BCUT2D eigenvalue weighted by atomic mass is 35.5. The number of amides is 1. The lowest BCUT2D eigenvalue weighted by molar-refractivity contribution is -0.111. The molecule has 3 rings (SSSR count). The molecule has 0 aliphatic heterocycles. The molecule has 1 amide bonds. The third-order valence-corrected chi connectivity index (χ3v) is 6.89. The number of rotatable bonds is 6. The number of thiophene rings is 1. The molecule has 0 saturated carbocycles. The van der Waals surface area contributed by atoms with E-state index < -0.39 is 0 Å². The Bertz CT molecular complexity index is 932. The van der Waals surface area contributed by atoms with E-state index in [1.54, 1.807) is 31.2 Å². The van der Waals surface area contributed by atoms with Crippen molar-refractivity contribution in [2.45, 2.75) is 39.5 Å². The zero-order chi connectivity index (χ0) is 21.0. The number of esters is 1. The molecule has 1 aromatic carbocycles. The summed E-state index contributed by atoms with van der Waals surface area (Å²) in [5.41, 5.74) is 2.10. The van der Waals surface area contributed by atoms with E-state index in [2.05, 4.69) is 12.2 Å². The van der Waals surface area contributed by atoms with E-state index in [-0.39, 0.29) is 11.9 Å². The quantitative estimate of drug-likeness (QED) is 0.408. The van der Waals surface area contributed by atoms with Crippen LogP contribution in [0.25, 0.3) is 6.08 Å². The molecule has 29 heavy (non-hydrogen) atoms. The van der Waals surface area contributed by atoms with Gasteiger partial charge in [0.2, 0.25) is 5.91 Å². The van der Waals surface area contributed by atoms with E-state index >= 15 is 0 Å². The van der Waals surface area contributed by atoms with Gasteiger partial charge in [-0.15, -0.1) is 11.3 Å². The van der Waals surface area contributed by atoms with Crippen LogP contribution in [-0.4, -0.2) is 18.5 Å². The normalized spacial score (nSPS) is 15.9.